The van der Waals surface area contributed by atoms with Crippen LogP contribution < -0.4 is 5.32 Å². The number of amides is 1. The third-order valence-electron chi connectivity index (χ3n) is 3.56. The Kier molecular flexibility index (Phi) is 6.39. The van der Waals surface area contributed by atoms with Gasteiger partial charge in [0, 0.05) is 19.2 Å². The Bertz CT molecular complexity index is 883. The van der Waals surface area contributed by atoms with Crippen molar-refractivity contribution >= 4 is 57.5 Å². The van der Waals surface area contributed by atoms with Crippen molar-refractivity contribution < 1.29 is 4.79 Å². The number of hydrogen-bond acceptors (Lipinski definition) is 2. The molecular formula is C20H15ClINOS. The Morgan fingerprint density at radius 3 is 2.40 bits per heavy atom. The summed E-state index contributed by atoms with van der Waals surface area (Å²) < 4.78 is 0.934. The molecule has 0 saturated carbocycles. The van der Waals surface area contributed by atoms with Gasteiger partial charge in [0.05, 0.1) is 11.3 Å². The second kappa shape index (κ2) is 8.74. The first kappa shape index (κ1) is 18.3. The number of rotatable bonds is 5. The molecule has 1 N–H and O–H groups in total. The fourth-order valence-electron chi connectivity index (χ4n) is 2.27. The summed E-state index contributed by atoms with van der Waals surface area (Å²) in [6.45, 7) is 0. The van der Waals surface area contributed by atoms with Crippen LogP contribution in [0.25, 0.3) is 0 Å². The van der Waals surface area contributed by atoms with Crippen molar-refractivity contribution in [3.63, 3.8) is 0 Å². The van der Waals surface area contributed by atoms with Gasteiger partial charge < -0.3 is 5.32 Å². The number of hydrogen-bond donors (Lipinski definition) is 1. The zero-order chi connectivity index (χ0) is 17.6. The highest BCUT2D eigenvalue weighted by Crippen LogP contribution is 2.30. The number of para-hydroxylation sites is 1. The molecule has 0 unspecified atom stereocenters. The van der Waals surface area contributed by atoms with Crippen LogP contribution in [0.4, 0.5) is 5.69 Å². The summed E-state index contributed by atoms with van der Waals surface area (Å²) in [6.07, 6.45) is 0. The van der Waals surface area contributed by atoms with E-state index in [1.165, 1.54) is 5.56 Å². The predicted molar refractivity (Wildman–Crippen MR) is 115 cm³/mol. The van der Waals surface area contributed by atoms with E-state index in [1.807, 2.05) is 72.8 Å². The standard InChI is InChI=1S/C20H15ClINOS/c21-15-11-9-14(10-12-15)13-25-19-8-4-3-7-18(19)23-20(24)16-5-1-2-6-17(16)22/h1-12H,13H2,(H,23,24). The Balaban J connectivity index is 1.73. The van der Waals surface area contributed by atoms with Gasteiger partial charge in [0.15, 0.2) is 0 Å². The second-order valence-electron chi connectivity index (χ2n) is 5.35. The zero-order valence-electron chi connectivity index (χ0n) is 13.2. The minimum Gasteiger partial charge on any atom is -0.321 e. The van der Waals surface area contributed by atoms with Crippen molar-refractivity contribution in [2.75, 3.05) is 5.32 Å². The number of nitrogens with one attached hydrogen (secondary N) is 1. The molecule has 0 radical (unpaired) electrons. The molecule has 3 rings (SSSR count). The van der Waals surface area contributed by atoms with Gasteiger partial charge >= 0.3 is 0 Å². The normalized spacial score (nSPS) is 10.5. The Morgan fingerprint density at radius 2 is 1.64 bits per heavy atom. The maximum Gasteiger partial charge on any atom is 0.256 e. The summed E-state index contributed by atoms with van der Waals surface area (Å²) in [5.74, 6) is 0.719. The molecule has 3 aromatic carbocycles. The molecule has 0 aliphatic carbocycles. The van der Waals surface area contributed by atoms with Crippen LogP contribution in [0.15, 0.2) is 77.7 Å². The minimum atomic E-state index is -0.0930. The van der Waals surface area contributed by atoms with Crippen LogP contribution in [0.3, 0.4) is 0 Å². The van der Waals surface area contributed by atoms with E-state index in [9.17, 15) is 4.79 Å². The van der Waals surface area contributed by atoms with Gasteiger partial charge in [-0.25, -0.2) is 0 Å². The third kappa shape index (κ3) is 5.00. The molecule has 1 amide bonds. The molecule has 3 aromatic rings. The fourth-order valence-corrected chi connectivity index (χ4v) is 3.99. The largest absolute Gasteiger partial charge is 0.321 e. The van der Waals surface area contributed by atoms with Gasteiger partial charge in [-0.3, -0.25) is 4.79 Å². The highest BCUT2D eigenvalue weighted by Gasteiger charge is 2.11. The highest BCUT2D eigenvalue weighted by molar-refractivity contribution is 14.1. The summed E-state index contributed by atoms with van der Waals surface area (Å²) in [4.78, 5) is 13.6. The summed E-state index contributed by atoms with van der Waals surface area (Å²) >= 11 is 9.79. The number of anilines is 1. The number of carbonyl (C=O) groups is 1. The molecule has 0 saturated heterocycles. The summed E-state index contributed by atoms with van der Waals surface area (Å²) in [5.41, 5.74) is 2.69. The van der Waals surface area contributed by atoms with Crippen molar-refractivity contribution in [1.82, 2.24) is 0 Å². The van der Waals surface area contributed by atoms with Crippen LogP contribution >= 0.6 is 46.0 Å². The van der Waals surface area contributed by atoms with Crippen molar-refractivity contribution in [2.24, 2.45) is 0 Å². The lowest BCUT2D eigenvalue weighted by Gasteiger charge is -2.11. The summed E-state index contributed by atoms with van der Waals surface area (Å²) in [7, 11) is 0. The van der Waals surface area contributed by atoms with Gasteiger partial charge in [-0.15, -0.1) is 11.8 Å². The first-order valence-corrected chi connectivity index (χ1v) is 10.1. The lowest BCUT2D eigenvalue weighted by atomic mass is 10.2. The number of thioether (sulfide) groups is 1. The quantitative estimate of drug-likeness (QED) is 0.335. The van der Waals surface area contributed by atoms with E-state index in [2.05, 4.69) is 27.9 Å². The highest BCUT2D eigenvalue weighted by atomic mass is 127. The first-order valence-electron chi connectivity index (χ1n) is 7.65. The average molecular weight is 480 g/mol. The van der Waals surface area contributed by atoms with Crippen LogP contribution in [0.1, 0.15) is 15.9 Å². The third-order valence-corrected chi connectivity index (χ3v) is 5.90. The predicted octanol–water partition coefficient (Wildman–Crippen LogP) is 6.49. The molecule has 0 fully saturated rings. The Morgan fingerprint density at radius 1 is 0.960 bits per heavy atom. The van der Waals surface area contributed by atoms with Gasteiger partial charge in [0.2, 0.25) is 0 Å². The van der Waals surface area contributed by atoms with Crippen molar-refractivity contribution in [3.8, 4) is 0 Å². The van der Waals surface area contributed by atoms with E-state index in [4.69, 9.17) is 11.6 Å². The first-order chi connectivity index (χ1) is 12.1. The fraction of sp³-hybridized carbons (Fsp3) is 0.0500. The lowest BCUT2D eigenvalue weighted by molar-refractivity contribution is 0.102. The van der Waals surface area contributed by atoms with E-state index in [0.717, 1.165) is 24.9 Å². The van der Waals surface area contributed by atoms with Gasteiger partial charge in [-0.1, -0.05) is 48.0 Å². The van der Waals surface area contributed by atoms with E-state index >= 15 is 0 Å². The topological polar surface area (TPSA) is 29.1 Å². The molecule has 0 heterocycles. The van der Waals surface area contributed by atoms with Crippen LogP contribution in [-0.2, 0) is 5.75 Å². The van der Waals surface area contributed by atoms with Gasteiger partial charge in [-0.2, -0.15) is 0 Å². The van der Waals surface area contributed by atoms with Gasteiger partial charge in [-0.05, 0) is 64.6 Å². The average Bonchev–Trinajstić information content (AvgIpc) is 2.62. The molecular weight excluding hydrogens is 465 g/mol. The van der Waals surface area contributed by atoms with E-state index in [-0.39, 0.29) is 5.91 Å². The maximum atomic E-state index is 12.6. The molecule has 0 bridgehead atoms. The van der Waals surface area contributed by atoms with E-state index in [1.54, 1.807) is 11.8 Å². The van der Waals surface area contributed by atoms with E-state index < -0.39 is 0 Å². The summed E-state index contributed by atoms with van der Waals surface area (Å²) in [5, 5.41) is 3.76. The second-order valence-corrected chi connectivity index (χ2v) is 7.96. The molecule has 0 aliphatic heterocycles. The molecule has 0 aliphatic rings. The smallest absolute Gasteiger partial charge is 0.256 e. The zero-order valence-corrected chi connectivity index (χ0v) is 16.9. The Hall–Kier alpha value is -1.50. The number of halogens is 2. The molecule has 0 spiro atoms. The molecule has 126 valence electrons. The van der Waals surface area contributed by atoms with E-state index in [0.29, 0.717) is 5.56 Å². The Labute approximate surface area is 170 Å². The van der Waals surface area contributed by atoms with Crippen LogP contribution in [0, 0.1) is 3.57 Å². The maximum absolute atomic E-state index is 12.6. The van der Waals surface area contributed by atoms with Crippen molar-refractivity contribution in [1.29, 1.82) is 0 Å². The van der Waals surface area contributed by atoms with Crippen LogP contribution in [-0.4, -0.2) is 5.91 Å². The van der Waals surface area contributed by atoms with Gasteiger partial charge in [0.1, 0.15) is 0 Å². The van der Waals surface area contributed by atoms with Crippen LogP contribution in [0.2, 0.25) is 5.02 Å². The lowest BCUT2D eigenvalue weighted by Crippen LogP contribution is -2.13. The number of carbonyl (C=O) groups excluding carboxylic acids is 1. The monoisotopic (exact) mass is 479 g/mol. The molecule has 0 aromatic heterocycles. The molecule has 2 nitrogen and oxygen atoms in total. The molecule has 5 heteroatoms. The van der Waals surface area contributed by atoms with Gasteiger partial charge in [0.25, 0.3) is 5.91 Å². The molecule has 25 heavy (non-hydrogen) atoms. The van der Waals surface area contributed by atoms with Crippen molar-refractivity contribution in [2.45, 2.75) is 10.6 Å². The van der Waals surface area contributed by atoms with Crippen LogP contribution in [0.5, 0.6) is 0 Å². The SMILES string of the molecule is O=C(Nc1ccccc1SCc1ccc(Cl)cc1)c1ccccc1I. The minimum absolute atomic E-state index is 0.0930. The summed E-state index contributed by atoms with van der Waals surface area (Å²) in [6, 6.07) is 23.2. The molecule has 0 atom stereocenters. The van der Waals surface area contributed by atoms with Crippen molar-refractivity contribution in [3.05, 3.63) is 92.5 Å². The number of benzene rings is 3.